The molecule has 2 aliphatic rings. The number of thiazole rings is 1. The third kappa shape index (κ3) is 2.31. The molecule has 0 spiro atoms. The maximum absolute atomic E-state index is 11.6. The fourth-order valence-electron chi connectivity index (χ4n) is 2.86. The molecule has 3 rings (SSSR count). The van der Waals surface area contributed by atoms with E-state index < -0.39 is 21.7 Å². The molecule has 1 aliphatic carbocycles. The van der Waals surface area contributed by atoms with Gasteiger partial charge in [-0.3, -0.25) is 4.79 Å². The Kier molecular flexibility index (Phi) is 3.24. The Morgan fingerprint density at radius 2 is 2.25 bits per heavy atom. The van der Waals surface area contributed by atoms with Crippen molar-refractivity contribution in [2.24, 2.45) is 0 Å². The number of hydrogen-bond acceptors (Lipinski definition) is 6. The molecule has 6 nitrogen and oxygen atoms in total. The van der Waals surface area contributed by atoms with Gasteiger partial charge in [-0.2, -0.15) is 0 Å². The molecule has 1 aliphatic heterocycles. The van der Waals surface area contributed by atoms with Gasteiger partial charge in [0.05, 0.1) is 17.2 Å². The topological polar surface area (TPSA) is 87.6 Å². The molecule has 0 radical (unpaired) electrons. The summed E-state index contributed by atoms with van der Waals surface area (Å²) < 4.78 is 23.2. The van der Waals surface area contributed by atoms with Crippen LogP contribution in [0.2, 0.25) is 0 Å². The Hall–Kier alpha value is -1.15. The second kappa shape index (κ2) is 4.70. The second-order valence-corrected chi connectivity index (χ2v) is 8.68. The monoisotopic (exact) mass is 316 g/mol. The summed E-state index contributed by atoms with van der Waals surface area (Å²) in [6.45, 7) is 2.31. The third-order valence-corrected chi connectivity index (χ3v) is 6.88. The van der Waals surface area contributed by atoms with Crippen LogP contribution in [-0.4, -0.2) is 48.6 Å². The molecule has 1 saturated heterocycles. The minimum atomic E-state index is -2.95. The van der Waals surface area contributed by atoms with Crippen LogP contribution in [0.15, 0.2) is 0 Å². The quantitative estimate of drug-likeness (QED) is 0.871. The predicted molar refractivity (Wildman–Crippen MR) is 76.3 cm³/mol. The van der Waals surface area contributed by atoms with Crippen LogP contribution in [0.4, 0.5) is 5.13 Å². The molecule has 2 unspecified atom stereocenters. The third-order valence-electron chi connectivity index (χ3n) is 3.92. The van der Waals surface area contributed by atoms with Crippen molar-refractivity contribution in [2.45, 2.75) is 31.7 Å². The van der Waals surface area contributed by atoms with Gasteiger partial charge in [-0.15, -0.1) is 11.3 Å². The van der Waals surface area contributed by atoms with E-state index in [1.54, 1.807) is 0 Å². The number of fused-ring (bicyclic) bond motifs is 1. The first-order valence-electron chi connectivity index (χ1n) is 6.57. The Labute approximate surface area is 121 Å². The first-order valence-corrected chi connectivity index (χ1v) is 9.20. The number of rotatable bonds is 2. The van der Waals surface area contributed by atoms with Crippen LogP contribution in [0.25, 0.3) is 0 Å². The molecule has 110 valence electrons. The lowest BCUT2D eigenvalue weighted by Gasteiger charge is -2.32. The van der Waals surface area contributed by atoms with Crippen molar-refractivity contribution < 1.29 is 18.3 Å². The number of aromatic nitrogens is 1. The number of aryl methyl sites for hydroxylation is 1. The van der Waals surface area contributed by atoms with Gasteiger partial charge in [-0.1, -0.05) is 0 Å². The maximum Gasteiger partial charge on any atom is 0.312 e. The van der Waals surface area contributed by atoms with E-state index in [2.05, 4.69) is 4.98 Å². The summed E-state index contributed by atoms with van der Waals surface area (Å²) in [4.78, 5) is 18.7. The van der Waals surface area contributed by atoms with Crippen molar-refractivity contribution >= 4 is 32.3 Å². The summed E-state index contributed by atoms with van der Waals surface area (Å²) >= 11 is 1.51. The van der Waals surface area contributed by atoms with E-state index in [1.807, 2.05) is 11.8 Å². The number of aliphatic carboxylic acids is 1. The van der Waals surface area contributed by atoms with Gasteiger partial charge in [-0.05, 0) is 19.8 Å². The first-order chi connectivity index (χ1) is 9.37. The van der Waals surface area contributed by atoms with Crippen LogP contribution >= 0.6 is 11.3 Å². The molecule has 0 amide bonds. The molecule has 0 aromatic carbocycles. The summed E-state index contributed by atoms with van der Waals surface area (Å²) in [6.07, 6.45) is 1.37. The highest BCUT2D eigenvalue weighted by atomic mass is 32.2. The average Bonchev–Trinajstić information content (AvgIpc) is 2.86. The van der Waals surface area contributed by atoms with Gasteiger partial charge >= 0.3 is 5.97 Å². The Morgan fingerprint density at radius 3 is 2.90 bits per heavy atom. The first kappa shape index (κ1) is 13.8. The second-order valence-electron chi connectivity index (χ2n) is 5.39. The van der Waals surface area contributed by atoms with E-state index in [4.69, 9.17) is 0 Å². The highest BCUT2D eigenvalue weighted by molar-refractivity contribution is 7.91. The fourth-order valence-corrected chi connectivity index (χ4v) is 5.68. The van der Waals surface area contributed by atoms with Crippen molar-refractivity contribution in [3.05, 3.63) is 10.6 Å². The Bertz CT molecular complexity index is 652. The molecule has 2 atom stereocenters. The van der Waals surface area contributed by atoms with Crippen molar-refractivity contribution in [1.82, 2.24) is 4.98 Å². The number of carboxylic acid groups (broad SMARTS) is 1. The minimum absolute atomic E-state index is 0.108. The molecule has 8 heteroatoms. The van der Waals surface area contributed by atoms with Crippen molar-refractivity contribution in [3.8, 4) is 0 Å². The van der Waals surface area contributed by atoms with Crippen LogP contribution < -0.4 is 4.90 Å². The van der Waals surface area contributed by atoms with E-state index in [1.165, 1.54) is 11.3 Å². The van der Waals surface area contributed by atoms with E-state index >= 15 is 0 Å². The zero-order chi connectivity index (χ0) is 14.5. The molecule has 20 heavy (non-hydrogen) atoms. The smallest absolute Gasteiger partial charge is 0.312 e. The highest BCUT2D eigenvalue weighted by Crippen LogP contribution is 2.40. The lowest BCUT2D eigenvalue weighted by Crippen LogP contribution is -2.47. The maximum atomic E-state index is 11.6. The number of sulfone groups is 1. The number of carbonyl (C=O) groups is 1. The highest BCUT2D eigenvalue weighted by Gasteiger charge is 2.35. The normalized spacial score (nSPS) is 28.4. The lowest BCUT2D eigenvalue weighted by molar-refractivity contribution is -0.138. The molecule has 2 heterocycles. The summed E-state index contributed by atoms with van der Waals surface area (Å²) in [5.41, 5.74) is 0.679. The van der Waals surface area contributed by atoms with Gasteiger partial charge in [-0.25, -0.2) is 13.4 Å². The standard InChI is InChI=1S/C12H16N2O4S2/c1-7-6-20(17,18)5-4-14(7)12-13-10-8(11(15)16)2-3-9(10)19-12/h7-8H,2-6H2,1H3,(H,15,16). The van der Waals surface area contributed by atoms with Crippen LogP contribution in [0.5, 0.6) is 0 Å². The zero-order valence-electron chi connectivity index (χ0n) is 11.1. The minimum Gasteiger partial charge on any atom is -0.481 e. The summed E-state index contributed by atoms with van der Waals surface area (Å²) in [7, 11) is -2.95. The van der Waals surface area contributed by atoms with Gasteiger partial charge in [0.25, 0.3) is 0 Å². The number of anilines is 1. The van der Waals surface area contributed by atoms with Crippen molar-refractivity contribution in [1.29, 1.82) is 0 Å². The molecule has 1 aromatic rings. The van der Waals surface area contributed by atoms with Crippen LogP contribution in [-0.2, 0) is 21.1 Å². The Morgan fingerprint density at radius 1 is 1.50 bits per heavy atom. The molecular formula is C12H16N2O4S2. The molecule has 0 bridgehead atoms. The van der Waals surface area contributed by atoms with Crippen LogP contribution in [0, 0.1) is 0 Å². The molecule has 0 saturated carbocycles. The van der Waals surface area contributed by atoms with E-state index in [-0.39, 0.29) is 17.5 Å². The molecule has 1 N–H and O–H groups in total. The lowest BCUT2D eigenvalue weighted by atomic mass is 10.1. The molecular weight excluding hydrogens is 300 g/mol. The summed E-state index contributed by atoms with van der Waals surface area (Å²) in [5.74, 6) is -1.04. The predicted octanol–water partition coefficient (Wildman–Crippen LogP) is 0.881. The summed E-state index contributed by atoms with van der Waals surface area (Å²) in [5, 5.41) is 9.94. The Balaban J connectivity index is 1.86. The van der Waals surface area contributed by atoms with Crippen LogP contribution in [0.1, 0.15) is 29.8 Å². The van der Waals surface area contributed by atoms with E-state index in [9.17, 15) is 18.3 Å². The SMILES string of the molecule is CC1CS(=O)(=O)CCN1c1nc2c(s1)CCC2C(=O)O. The number of hydrogen-bond donors (Lipinski definition) is 1. The number of carboxylic acids is 1. The van der Waals surface area contributed by atoms with Gasteiger partial charge in [0.15, 0.2) is 15.0 Å². The van der Waals surface area contributed by atoms with E-state index in [0.29, 0.717) is 18.7 Å². The van der Waals surface area contributed by atoms with Gasteiger partial charge in [0, 0.05) is 17.5 Å². The van der Waals surface area contributed by atoms with Gasteiger partial charge < -0.3 is 10.0 Å². The molecule has 1 fully saturated rings. The van der Waals surface area contributed by atoms with Crippen molar-refractivity contribution in [2.75, 3.05) is 23.0 Å². The average molecular weight is 316 g/mol. The van der Waals surface area contributed by atoms with Gasteiger partial charge in [0.1, 0.15) is 5.92 Å². The summed E-state index contributed by atoms with van der Waals surface area (Å²) in [6, 6.07) is -0.108. The molecule has 1 aromatic heterocycles. The van der Waals surface area contributed by atoms with Gasteiger partial charge in [0.2, 0.25) is 0 Å². The van der Waals surface area contributed by atoms with Crippen LogP contribution in [0.3, 0.4) is 0 Å². The number of nitrogens with zero attached hydrogens (tertiary/aromatic N) is 2. The zero-order valence-corrected chi connectivity index (χ0v) is 12.7. The van der Waals surface area contributed by atoms with Crippen molar-refractivity contribution in [3.63, 3.8) is 0 Å². The van der Waals surface area contributed by atoms with E-state index in [0.717, 1.165) is 16.4 Å². The largest absolute Gasteiger partial charge is 0.481 e. The fraction of sp³-hybridized carbons (Fsp3) is 0.667.